The maximum absolute atomic E-state index is 12.0. The van der Waals surface area contributed by atoms with Crippen LogP contribution in [0, 0.1) is 0 Å². The summed E-state index contributed by atoms with van der Waals surface area (Å²) < 4.78 is 0. The Morgan fingerprint density at radius 3 is 2.57 bits per heavy atom. The molecule has 2 aromatic rings. The highest BCUT2D eigenvalue weighted by Gasteiger charge is 2.18. The summed E-state index contributed by atoms with van der Waals surface area (Å²) in [5.74, 6) is -0.557. The molecule has 6 heteroatoms. The third-order valence-electron chi connectivity index (χ3n) is 3.05. The molecule has 0 bridgehead atoms. The van der Waals surface area contributed by atoms with Crippen molar-refractivity contribution in [3.63, 3.8) is 0 Å². The summed E-state index contributed by atoms with van der Waals surface area (Å²) in [5.41, 5.74) is 0.620. The molecule has 2 aromatic carbocycles. The molecule has 2 amide bonds. The van der Waals surface area contributed by atoms with Crippen LogP contribution in [0.25, 0.3) is 10.8 Å². The summed E-state index contributed by atoms with van der Waals surface area (Å²) in [7, 11) is 0. The number of fused-ring (bicyclic) bond motifs is 1. The number of rotatable bonds is 1. The molecule has 0 radical (unpaired) electrons. The molecule has 0 fully saturated rings. The Hall–Kier alpha value is -2.34. The molecule has 0 atom stereocenters. The van der Waals surface area contributed by atoms with Gasteiger partial charge in [0.15, 0.2) is 5.17 Å². The monoisotopic (exact) mass is 299 g/mol. The number of nitrogens with zero attached hydrogens (tertiary/aromatic N) is 1. The maximum atomic E-state index is 12.0. The summed E-state index contributed by atoms with van der Waals surface area (Å²) in [5, 5.41) is 7.56. The molecule has 0 saturated heterocycles. The molecule has 21 heavy (non-hydrogen) atoms. The third-order valence-corrected chi connectivity index (χ3v) is 3.94. The number of thioether (sulfide) groups is 1. The second-order valence-electron chi connectivity index (χ2n) is 4.47. The van der Waals surface area contributed by atoms with Crippen molar-refractivity contribution in [1.29, 1.82) is 0 Å². The van der Waals surface area contributed by atoms with Crippen molar-refractivity contribution in [3.8, 4) is 0 Å². The number of hydrogen-bond donors (Lipinski definition) is 2. The SMILES string of the molecule is O=C(NC1=NCCS1)C(=O)Nc1cccc2ccccc12. The van der Waals surface area contributed by atoms with E-state index in [1.54, 1.807) is 6.07 Å². The van der Waals surface area contributed by atoms with Gasteiger partial charge in [0.05, 0.1) is 6.54 Å². The Morgan fingerprint density at radius 1 is 1.00 bits per heavy atom. The number of nitrogens with one attached hydrogen (secondary N) is 2. The van der Waals surface area contributed by atoms with Gasteiger partial charge in [-0.2, -0.15) is 0 Å². The van der Waals surface area contributed by atoms with E-state index >= 15 is 0 Å². The van der Waals surface area contributed by atoms with Crippen LogP contribution in [0.1, 0.15) is 0 Å². The van der Waals surface area contributed by atoms with E-state index in [-0.39, 0.29) is 0 Å². The van der Waals surface area contributed by atoms with Crippen molar-refractivity contribution in [2.75, 3.05) is 17.6 Å². The molecule has 0 saturated carbocycles. The molecular weight excluding hydrogens is 286 g/mol. The van der Waals surface area contributed by atoms with E-state index in [1.165, 1.54) is 11.8 Å². The zero-order valence-electron chi connectivity index (χ0n) is 11.1. The van der Waals surface area contributed by atoms with Crippen molar-refractivity contribution in [1.82, 2.24) is 5.32 Å². The quantitative estimate of drug-likeness (QED) is 0.791. The van der Waals surface area contributed by atoms with Crippen LogP contribution in [0.4, 0.5) is 5.69 Å². The number of hydrogen-bond acceptors (Lipinski definition) is 4. The van der Waals surface area contributed by atoms with Gasteiger partial charge >= 0.3 is 11.8 Å². The van der Waals surface area contributed by atoms with Gasteiger partial charge in [-0.15, -0.1) is 0 Å². The first-order chi connectivity index (χ1) is 10.2. The molecule has 0 aromatic heterocycles. The minimum absolute atomic E-state index is 0.507. The van der Waals surface area contributed by atoms with E-state index in [4.69, 9.17) is 0 Å². The molecule has 106 valence electrons. The van der Waals surface area contributed by atoms with Crippen molar-refractivity contribution >= 4 is 45.2 Å². The highest BCUT2D eigenvalue weighted by Crippen LogP contribution is 2.22. The van der Waals surface area contributed by atoms with Crippen molar-refractivity contribution < 1.29 is 9.59 Å². The highest BCUT2D eigenvalue weighted by atomic mass is 32.2. The minimum atomic E-state index is -0.698. The Morgan fingerprint density at radius 2 is 1.76 bits per heavy atom. The maximum Gasteiger partial charge on any atom is 0.315 e. The number of aliphatic imine (C=N–C) groups is 1. The van der Waals surface area contributed by atoms with Gasteiger partial charge in [0.2, 0.25) is 0 Å². The normalized spacial score (nSPS) is 13.8. The number of amides is 2. The summed E-state index contributed by atoms with van der Waals surface area (Å²) in [6.07, 6.45) is 0. The van der Waals surface area contributed by atoms with Crippen LogP contribution in [0.3, 0.4) is 0 Å². The zero-order chi connectivity index (χ0) is 14.7. The predicted molar refractivity (Wildman–Crippen MR) is 85.5 cm³/mol. The van der Waals surface area contributed by atoms with Crippen LogP contribution >= 0.6 is 11.8 Å². The van der Waals surface area contributed by atoms with Gasteiger partial charge in [0, 0.05) is 16.8 Å². The standard InChI is InChI=1S/C15H13N3O2S/c19-13(14(20)18-15-16-8-9-21-15)17-12-7-3-5-10-4-1-2-6-11(10)12/h1-7H,8-9H2,(H,17,19)(H,16,18,20). The molecular formula is C15H13N3O2S. The first-order valence-electron chi connectivity index (χ1n) is 6.51. The largest absolute Gasteiger partial charge is 0.317 e. The van der Waals surface area contributed by atoms with E-state index in [0.29, 0.717) is 17.4 Å². The lowest BCUT2D eigenvalue weighted by Crippen LogP contribution is -2.37. The topological polar surface area (TPSA) is 70.6 Å². The number of benzene rings is 2. The highest BCUT2D eigenvalue weighted by molar-refractivity contribution is 8.14. The van der Waals surface area contributed by atoms with Crippen LogP contribution in [0.5, 0.6) is 0 Å². The van der Waals surface area contributed by atoms with Crippen molar-refractivity contribution in [2.45, 2.75) is 0 Å². The van der Waals surface area contributed by atoms with Gasteiger partial charge in [0.1, 0.15) is 0 Å². The molecule has 1 aliphatic heterocycles. The van der Waals surface area contributed by atoms with Crippen molar-refractivity contribution in [3.05, 3.63) is 42.5 Å². The van der Waals surface area contributed by atoms with E-state index in [0.717, 1.165) is 16.5 Å². The lowest BCUT2D eigenvalue weighted by atomic mass is 10.1. The van der Waals surface area contributed by atoms with E-state index in [2.05, 4.69) is 15.6 Å². The second-order valence-corrected chi connectivity index (χ2v) is 5.55. The first-order valence-corrected chi connectivity index (χ1v) is 7.50. The van der Waals surface area contributed by atoms with E-state index in [9.17, 15) is 9.59 Å². The molecule has 0 unspecified atom stereocenters. The fourth-order valence-corrected chi connectivity index (χ4v) is 2.80. The zero-order valence-corrected chi connectivity index (χ0v) is 11.9. The smallest absolute Gasteiger partial charge is 0.315 e. The van der Waals surface area contributed by atoms with Crippen LogP contribution in [-0.2, 0) is 9.59 Å². The Labute approximate surface area is 125 Å². The van der Waals surface area contributed by atoms with Crippen LogP contribution < -0.4 is 10.6 Å². The van der Waals surface area contributed by atoms with Crippen LogP contribution in [-0.4, -0.2) is 29.3 Å². The molecule has 3 rings (SSSR count). The van der Waals surface area contributed by atoms with Crippen molar-refractivity contribution in [2.24, 2.45) is 4.99 Å². The van der Waals surface area contributed by atoms with E-state index in [1.807, 2.05) is 36.4 Å². The lowest BCUT2D eigenvalue weighted by molar-refractivity contribution is -0.135. The summed E-state index contributed by atoms with van der Waals surface area (Å²) in [6.45, 7) is 0.672. The number of carbonyl (C=O) groups excluding carboxylic acids is 2. The minimum Gasteiger partial charge on any atom is -0.317 e. The molecule has 0 aliphatic carbocycles. The Balaban J connectivity index is 1.75. The molecule has 1 heterocycles. The summed E-state index contributed by atoms with van der Waals surface area (Å²) in [6, 6.07) is 13.2. The molecule has 2 N–H and O–H groups in total. The second kappa shape index (κ2) is 5.97. The predicted octanol–water partition coefficient (Wildman–Crippen LogP) is 2.00. The van der Waals surface area contributed by atoms with Gasteiger partial charge in [0.25, 0.3) is 0 Å². The average molecular weight is 299 g/mol. The number of carbonyl (C=O) groups is 2. The van der Waals surface area contributed by atoms with Crippen LogP contribution in [0.2, 0.25) is 0 Å². The summed E-state index contributed by atoms with van der Waals surface area (Å²) in [4.78, 5) is 27.9. The van der Waals surface area contributed by atoms with Gasteiger partial charge in [-0.25, -0.2) is 0 Å². The first kappa shape index (κ1) is 13.6. The Kier molecular flexibility index (Phi) is 3.87. The molecule has 1 aliphatic rings. The molecule has 5 nitrogen and oxygen atoms in total. The lowest BCUT2D eigenvalue weighted by Gasteiger charge is -2.08. The fourth-order valence-electron chi connectivity index (χ4n) is 2.08. The summed E-state index contributed by atoms with van der Waals surface area (Å²) >= 11 is 1.44. The third kappa shape index (κ3) is 3.05. The van der Waals surface area contributed by atoms with Gasteiger partial charge in [-0.05, 0) is 11.5 Å². The van der Waals surface area contributed by atoms with Gasteiger partial charge < -0.3 is 5.32 Å². The van der Waals surface area contributed by atoms with Gasteiger partial charge in [-0.3, -0.25) is 19.9 Å². The van der Waals surface area contributed by atoms with E-state index < -0.39 is 11.8 Å². The number of amidine groups is 1. The molecule has 0 spiro atoms. The van der Waals surface area contributed by atoms with Crippen LogP contribution in [0.15, 0.2) is 47.5 Å². The fraction of sp³-hybridized carbons (Fsp3) is 0.133. The average Bonchev–Trinajstić information content (AvgIpc) is 3.00. The number of anilines is 1. The Bertz CT molecular complexity index is 737. The van der Waals surface area contributed by atoms with Gasteiger partial charge in [-0.1, -0.05) is 48.2 Å².